The molecule has 0 spiro atoms. The maximum Gasteiger partial charge on any atom is 0.134 e. The van der Waals surface area contributed by atoms with Crippen molar-refractivity contribution < 1.29 is 9.52 Å². The zero-order chi connectivity index (χ0) is 14.8. The summed E-state index contributed by atoms with van der Waals surface area (Å²) in [4.78, 5) is 0. The van der Waals surface area contributed by atoms with Gasteiger partial charge in [0, 0.05) is 11.4 Å². The molecule has 1 fully saturated rings. The number of para-hydroxylation sites is 1. The lowest BCUT2D eigenvalue weighted by molar-refractivity contribution is 0.113. The molecule has 3 unspecified atom stereocenters. The summed E-state index contributed by atoms with van der Waals surface area (Å²) in [5.74, 6) is 0.993. The van der Waals surface area contributed by atoms with Gasteiger partial charge in [-0.15, -0.1) is 0 Å². The zero-order valence-electron chi connectivity index (χ0n) is 12.9. The number of benzene rings is 1. The predicted molar refractivity (Wildman–Crippen MR) is 85.4 cm³/mol. The molecule has 1 aliphatic carbocycles. The van der Waals surface area contributed by atoms with Crippen LogP contribution in [-0.4, -0.2) is 17.3 Å². The molecule has 0 radical (unpaired) electrons. The second-order valence-electron chi connectivity index (χ2n) is 6.29. The van der Waals surface area contributed by atoms with Crippen LogP contribution in [-0.2, 0) is 0 Å². The van der Waals surface area contributed by atoms with Crippen molar-refractivity contribution in [3.63, 3.8) is 0 Å². The summed E-state index contributed by atoms with van der Waals surface area (Å²) in [6, 6.07) is 8.46. The van der Waals surface area contributed by atoms with Gasteiger partial charge in [-0.25, -0.2) is 0 Å². The molecule has 0 bridgehead atoms. The maximum absolute atomic E-state index is 10.3. The fraction of sp³-hybridized carbons (Fsp3) is 0.556. The first-order valence-corrected chi connectivity index (χ1v) is 8.09. The Balaban J connectivity index is 1.80. The molecule has 21 heavy (non-hydrogen) atoms. The van der Waals surface area contributed by atoms with Crippen LogP contribution in [0.3, 0.4) is 0 Å². The standard InChI is InChI=1S/C18H25NO2/c1-12-14-8-6-7-11-17(14)21-18(12)13(2)19-15-9-4-3-5-10-16(15)20/h6-8,11,13,15-16,19-20H,3-5,9-10H2,1-2H3. The highest BCUT2D eigenvalue weighted by atomic mass is 16.3. The van der Waals surface area contributed by atoms with E-state index < -0.39 is 0 Å². The molecule has 3 rings (SSSR count). The van der Waals surface area contributed by atoms with Crippen LogP contribution in [0.4, 0.5) is 0 Å². The smallest absolute Gasteiger partial charge is 0.134 e. The minimum Gasteiger partial charge on any atom is -0.459 e. The molecule has 1 aliphatic rings. The molecule has 0 amide bonds. The zero-order valence-corrected chi connectivity index (χ0v) is 12.9. The molecular formula is C18H25NO2. The Bertz CT molecular complexity index is 604. The Kier molecular flexibility index (Phi) is 4.32. The van der Waals surface area contributed by atoms with Gasteiger partial charge in [-0.1, -0.05) is 37.5 Å². The SMILES string of the molecule is Cc1c(C(C)NC2CCCCCC2O)oc2ccccc12. The van der Waals surface area contributed by atoms with Crippen LogP contribution in [0.1, 0.15) is 56.4 Å². The van der Waals surface area contributed by atoms with Gasteiger partial charge in [0.05, 0.1) is 12.1 Å². The van der Waals surface area contributed by atoms with Crippen molar-refractivity contribution in [2.45, 2.75) is 64.1 Å². The molecule has 1 saturated carbocycles. The van der Waals surface area contributed by atoms with Gasteiger partial charge in [-0.2, -0.15) is 0 Å². The molecule has 2 N–H and O–H groups in total. The largest absolute Gasteiger partial charge is 0.459 e. The number of aliphatic hydroxyl groups is 1. The van der Waals surface area contributed by atoms with Crippen molar-refractivity contribution in [1.29, 1.82) is 0 Å². The lowest BCUT2D eigenvalue weighted by Crippen LogP contribution is -2.40. The molecule has 1 aromatic carbocycles. The molecular weight excluding hydrogens is 262 g/mol. The quantitative estimate of drug-likeness (QED) is 0.836. The summed E-state index contributed by atoms with van der Waals surface area (Å²) in [5.41, 5.74) is 2.15. The summed E-state index contributed by atoms with van der Waals surface area (Å²) in [6.07, 6.45) is 5.28. The second kappa shape index (κ2) is 6.20. The molecule has 3 atom stereocenters. The van der Waals surface area contributed by atoms with Gasteiger partial charge >= 0.3 is 0 Å². The third kappa shape index (κ3) is 2.99. The fourth-order valence-electron chi connectivity index (χ4n) is 3.49. The first-order chi connectivity index (χ1) is 10.2. The van der Waals surface area contributed by atoms with Crippen LogP contribution < -0.4 is 5.32 Å². The molecule has 3 heteroatoms. The fourth-order valence-corrected chi connectivity index (χ4v) is 3.49. The molecule has 0 saturated heterocycles. The van der Waals surface area contributed by atoms with E-state index in [1.54, 1.807) is 0 Å². The maximum atomic E-state index is 10.3. The molecule has 0 aliphatic heterocycles. The van der Waals surface area contributed by atoms with E-state index in [0.717, 1.165) is 30.6 Å². The Hall–Kier alpha value is -1.32. The van der Waals surface area contributed by atoms with E-state index in [0.29, 0.717) is 0 Å². The summed E-state index contributed by atoms with van der Waals surface area (Å²) in [7, 11) is 0. The van der Waals surface area contributed by atoms with Gasteiger partial charge < -0.3 is 14.8 Å². The number of furan rings is 1. The number of hydrogen-bond donors (Lipinski definition) is 2. The van der Waals surface area contributed by atoms with Crippen LogP contribution in [0.5, 0.6) is 0 Å². The van der Waals surface area contributed by atoms with Gasteiger partial charge in [0.15, 0.2) is 0 Å². The normalized spacial score (nSPS) is 24.9. The van der Waals surface area contributed by atoms with Gasteiger partial charge in [-0.3, -0.25) is 0 Å². The topological polar surface area (TPSA) is 45.4 Å². The first-order valence-electron chi connectivity index (χ1n) is 8.09. The van der Waals surface area contributed by atoms with Crippen molar-refractivity contribution >= 4 is 11.0 Å². The lowest BCUT2D eigenvalue weighted by Gasteiger charge is -2.25. The number of hydrogen-bond acceptors (Lipinski definition) is 3. The predicted octanol–water partition coefficient (Wildman–Crippen LogP) is 4.09. The van der Waals surface area contributed by atoms with Crippen LogP contribution >= 0.6 is 0 Å². The summed E-state index contributed by atoms with van der Waals surface area (Å²) in [5, 5.41) is 15.0. The highest BCUT2D eigenvalue weighted by Gasteiger charge is 2.25. The van der Waals surface area contributed by atoms with Crippen molar-refractivity contribution in [2.24, 2.45) is 0 Å². The van der Waals surface area contributed by atoms with E-state index in [1.807, 2.05) is 18.2 Å². The molecule has 114 valence electrons. The van der Waals surface area contributed by atoms with E-state index >= 15 is 0 Å². The van der Waals surface area contributed by atoms with Crippen LogP contribution in [0.25, 0.3) is 11.0 Å². The van der Waals surface area contributed by atoms with Crippen molar-refractivity contribution in [3.05, 3.63) is 35.6 Å². The number of fused-ring (bicyclic) bond motifs is 1. The Morgan fingerprint density at radius 1 is 1.19 bits per heavy atom. The van der Waals surface area contributed by atoms with Gasteiger partial charge in [-0.05, 0) is 38.3 Å². The van der Waals surface area contributed by atoms with E-state index in [-0.39, 0.29) is 18.2 Å². The Morgan fingerprint density at radius 3 is 2.76 bits per heavy atom. The van der Waals surface area contributed by atoms with Gasteiger partial charge in [0.25, 0.3) is 0 Å². The van der Waals surface area contributed by atoms with Crippen molar-refractivity contribution in [3.8, 4) is 0 Å². The average Bonchev–Trinajstić information content (AvgIpc) is 2.69. The number of nitrogens with one attached hydrogen (secondary N) is 1. The van der Waals surface area contributed by atoms with Crippen LogP contribution in [0, 0.1) is 6.92 Å². The van der Waals surface area contributed by atoms with Crippen LogP contribution in [0.2, 0.25) is 0 Å². The number of rotatable bonds is 3. The summed E-state index contributed by atoms with van der Waals surface area (Å²) in [6.45, 7) is 4.24. The minimum absolute atomic E-state index is 0.121. The van der Waals surface area contributed by atoms with Gasteiger partial charge in [0.2, 0.25) is 0 Å². The van der Waals surface area contributed by atoms with E-state index in [2.05, 4.69) is 25.2 Å². The van der Waals surface area contributed by atoms with E-state index in [4.69, 9.17) is 4.42 Å². The Labute approximate surface area is 126 Å². The summed E-state index contributed by atoms with van der Waals surface area (Å²) < 4.78 is 6.02. The monoisotopic (exact) mass is 287 g/mol. The highest BCUT2D eigenvalue weighted by Crippen LogP contribution is 2.30. The molecule has 1 heterocycles. The number of aryl methyl sites for hydroxylation is 1. The minimum atomic E-state index is -0.236. The molecule has 2 aromatic rings. The Morgan fingerprint density at radius 2 is 1.95 bits per heavy atom. The first kappa shape index (κ1) is 14.6. The number of aliphatic hydroxyl groups excluding tert-OH is 1. The second-order valence-corrected chi connectivity index (χ2v) is 6.29. The van der Waals surface area contributed by atoms with E-state index in [9.17, 15) is 5.11 Å². The third-order valence-corrected chi connectivity index (χ3v) is 4.72. The third-order valence-electron chi connectivity index (χ3n) is 4.72. The molecule has 3 nitrogen and oxygen atoms in total. The van der Waals surface area contributed by atoms with Gasteiger partial charge in [0.1, 0.15) is 11.3 Å². The van der Waals surface area contributed by atoms with E-state index in [1.165, 1.54) is 23.8 Å². The lowest BCUT2D eigenvalue weighted by atomic mass is 10.0. The average molecular weight is 287 g/mol. The molecule has 1 aromatic heterocycles. The van der Waals surface area contributed by atoms with Crippen molar-refractivity contribution in [1.82, 2.24) is 5.32 Å². The van der Waals surface area contributed by atoms with Crippen LogP contribution in [0.15, 0.2) is 28.7 Å². The highest BCUT2D eigenvalue weighted by molar-refractivity contribution is 5.82. The summed E-state index contributed by atoms with van der Waals surface area (Å²) >= 11 is 0. The van der Waals surface area contributed by atoms with Crippen molar-refractivity contribution in [2.75, 3.05) is 0 Å².